The van der Waals surface area contributed by atoms with Crippen molar-refractivity contribution in [3.05, 3.63) is 47.7 Å². The third-order valence-electron chi connectivity index (χ3n) is 4.44. The molecule has 2 heterocycles. The van der Waals surface area contributed by atoms with Crippen LogP contribution in [0.15, 0.2) is 35.7 Å². The minimum absolute atomic E-state index is 0. The molecule has 2 aromatic heterocycles. The number of aliphatic imine (C=N–C) groups is 1. The number of para-hydroxylation sites is 1. The maximum absolute atomic E-state index is 4.36. The maximum atomic E-state index is 4.36. The van der Waals surface area contributed by atoms with E-state index in [9.17, 15) is 0 Å². The number of nitrogens with one attached hydrogen (secondary N) is 2. The minimum atomic E-state index is 0. The largest absolute Gasteiger partial charge is 0.361 e. The molecule has 7 nitrogen and oxygen atoms in total. The first-order valence-electron chi connectivity index (χ1n) is 8.40. The third kappa shape index (κ3) is 4.35. The molecule has 0 aliphatic rings. The molecular weight excluding hydrogens is 441 g/mol. The van der Waals surface area contributed by atoms with Crippen LogP contribution in [0.5, 0.6) is 0 Å². The molecule has 1 aromatic carbocycles. The zero-order valence-electron chi connectivity index (χ0n) is 15.7. The van der Waals surface area contributed by atoms with Crippen molar-refractivity contribution in [3.63, 3.8) is 0 Å². The third-order valence-corrected chi connectivity index (χ3v) is 4.44. The molecule has 2 N–H and O–H groups in total. The van der Waals surface area contributed by atoms with Crippen molar-refractivity contribution < 1.29 is 0 Å². The van der Waals surface area contributed by atoms with E-state index in [1.54, 1.807) is 18.1 Å². The molecule has 0 amide bonds. The zero-order valence-corrected chi connectivity index (χ0v) is 18.0. The Morgan fingerprint density at radius 2 is 2.19 bits per heavy atom. The van der Waals surface area contributed by atoms with Gasteiger partial charge in [0.25, 0.3) is 0 Å². The molecule has 0 aliphatic heterocycles. The molecule has 3 rings (SSSR count). The summed E-state index contributed by atoms with van der Waals surface area (Å²) in [6.45, 7) is 3.60. The number of guanidine groups is 1. The van der Waals surface area contributed by atoms with Gasteiger partial charge < -0.3 is 15.2 Å². The standard InChI is InChI=1S/C18H25N7.HI/c1-13-6-5-7-15-14(10-21-17(13)15)8-9-20-18(19-2)24(3)11-16-22-12-23-25(16)4;/h5-7,10,12,21H,8-9,11H2,1-4H3,(H,19,20);1H. The van der Waals surface area contributed by atoms with Gasteiger partial charge in [-0.05, 0) is 24.5 Å². The second-order valence-electron chi connectivity index (χ2n) is 6.19. The van der Waals surface area contributed by atoms with E-state index in [-0.39, 0.29) is 24.0 Å². The molecule has 0 radical (unpaired) electrons. The first-order chi connectivity index (χ1) is 12.1. The summed E-state index contributed by atoms with van der Waals surface area (Å²) in [5.74, 6) is 1.75. The highest BCUT2D eigenvalue weighted by Gasteiger charge is 2.10. The molecule has 0 saturated heterocycles. The number of nitrogens with zero attached hydrogens (tertiary/aromatic N) is 5. The number of aromatic amines is 1. The topological polar surface area (TPSA) is 74.1 Å². The Morgan fingerprint density at radius 3 is 2.88 bits per heavy atom. The van der Waals surface area contributed by atoms with Crippen LogP contribution in [-0.4, -0.2) is 51.2 Å². The fourth-order valence-electron chi connectivity index (χ4n) is 3.01. The van der Waals surface area contributed by atoms with Crippen LogP contribution in [0.2, 0.25) is 0 Å². The normalized spacial score (nSPS) is 11.5. The lowest BCUT2D eigenvalue weighted by Crippen LogP contribution is -2.39. The number of H-pyrrole nitrogens is 1. The summed E-state index contributed by atoms with van der Waals surface area (Å²) in [5, 5.41) is 8.82. The summed E-state index contributed by atoms with van der Waals surface area (Å²) >= 11 is 0. The van der Waals surface area contributed by atoms with E-state index in [1.165, 1.54) is 22.0 Å². The first-order valence-corrected chi connectivity index (χ1v) is 8.40. The predicted octanol–water partition coefficient (Wildman–Crippen LogP) is 2.47. The van der Waals surface area contributed by atoms with Crippen LogP contribution in [0.3, 0.4) is 0 Å². The van der Waals surface area contributed by atoms with Crippen molar-refractivity contribution in [1.29, 1.82) is 0 Å². The SMILES string of the molecule is CN=C(NCCc1c[nH]c2c(C)cccc12)N(C)Cc1ncnn1C.I. The molecule has 0 saturated carbocycles. The fourth-order valence-corrected chi connectivity index (χ4v) is 3.01. The Bertz CT molecular complexity index is 881. The van der Waals surface area contributed by atoms with Crippen molar-refractivity contribution in [1.82, 2.24) is 30.0 Å². The Balaban J connectivity index is 0.00000243. The van der Waals surface area contributed by atoms with E-state index in [0.29, 0.717) is 6.54 Å². The summed E-state index contributed by atoms with van der Waals surface area (Å²) in [7, 11) is 5.69. The van der Waals surface area contributed by atoms with Crippen LogP contribution in [0, 0.1) is 6.92 Å². The number of fused-ring (bicyclic) bond motifs is 1. The van der Waals surface area contributed by atoms with Gasteiger partial charge in [0.1, 0.15) is 12.2 Å². The highest BCUT2D eigenvalue weighted by atomic mass is 127. The summed E-state index contributed by atoms with van der Waals surface area (Å²) in [4.78, 5) is 14.0. The van der Waals surface area contributed by atoms with Gasteiger partial charge in [-0.25, -0.2) is 4.98 Å². The zero-order chi connectivity index (χ0) is 17.8. The molecule has 3 aromatic rings. The number of benzene rings is 1. The Labute approximate surface area is 170 Å². The smallest absolute Gasteiger partial charge is 0.193 e. The summed E-state index contributed by atoms with van der Waals surface area (Å²) in [6.07, 6.45) is 4.60. The van der Waals surface area contributed by atoms with Crippen LogP contribution in [-0.2, 0) is 20.0 Å². The second kappa shape index (κ2) is 9.02. The van der Waals surface area contributed by atoms with Gasteiger partial charge in [-0.1, -0.05) is 18.2 Å². The number of hydrogen-bond donors (Lipinski definition) is 2. The van der Waals surface area contributed by atoms with Crippen LogP contribution in [0.1, 0.15) is 17.0 Å². The Kier molecular flexibility index (Phi) is 7.01. The lowest BCUT2D eigenvalue weighted by molar-refractivity contribution is 0.449. The molecule has 0 atom stereocenters. The number of hydrogen-bond acceptors (Lipinski definition) is 3. The molecule has 0 spiro atoms. The van der Waals surface area contributed by atoms with Crippen molar-refractivity contribution in [3.8, 4) is 0 Å². The van der Waals surface area contributed by atoms with Crippen molar-refractivity contribution in [2.24, 2.45) is 12.0 Å². The lowest BCUT2D eigenvalue weighted by Gasteiger charge is -2.21. The van der Waals surface area contributed by atoms with Crippen LogP contribution in [0.4, 0.5) is 0 Å². The monoisotopic (exact) mass is 467 g/mol. The minimum Gasteiger partial charge on any atom is -0.361 e. The number of halogens is 1. The van der Waals surface area contributed by atoms with Crippen molar-refractivity contribution >= 4 is 40.8 Å². The first kappa shape index (κ1) is 20.2. The molecular formula is C18H26IN7. The van der Waals surface area contributed by atoms with Crippen LogP contribution < -0.4 is 5.32 Å². The summed E-state index contributed by atoms with van der Waals surface area (Å²) < 4.78 is 1.78. The Hall–Kier alpha value is -2.10. The predicted molar refractivity (Wildman–Crippen MR) is 116 cm³/mol. The van der Waals surface area contributed by atoms with Gasteiger partial charge in [0.2, 0.25) is 0 Å². The molecule has 0 unspecified atom stereocenters. The molecule has 8 heteroatoms. The van der Waals surface area contributed by atoms with Gasteiger partial charge in [0, 0.05) is 44.8 Å². The number of aromatic nitrogens is 4. The highest BCUT2D eigenvalue weighted by molar-refractivity contribution is 14.0. The highest BCUT2D eigenvalue weighted by Crippen LogP contribution is 2.21. The van der Waals surface area contributed by atoms with Crippen molar-refractivity contribution in [2.45, 2.75) is 19.9 Å². The number of aryl methyl sites for hydroxylation is 2. The van der Waals surface area contributed by atoms with E-state index in [1.807, 2.05) is 19.0 Å². The summed E-state index contributed by atoms with van der Waals surface area (Å²) in [6, 6.07) is 6.41. The van der Waals surface area contributed by atoms with Gasteiger partial charge >= 0.3 is 0 Å². The Morgan fingerprint density at radius 1 is 1.38 bits per heavy atom. The van der Waals surface area contributed by atoms with Crippen LogP contribution in [0.25, 0.3) is 10.9 Å². The maximum Gasteiger partial charge on any atom is 0.193 e. The average Bonchev–Trinajstić information content (AvgIpc) is 3.19. The lowest BCUT2D eigenvalue weighted by atomic mass is 10.1. The molecule has 0 aliphatic carbocycles. The van der Waals surface area contributed by atoms with Gasteiger partial charge in [0.15, 0.2) is 5.96 Å². The van der Waals surface area contributed by atoms with E-state index in [4.69, 9.17) is 0 Å². The molecule has 140 valence electrons. The van der Waals surface area contributed by atoms with Crippen molar-refractivity contribution in [2.75, 3.05) is 20.6 Å². The fraction of sp³-hybridized carbons (Fsp3) is 0.389. The van der Waals surface area contributed by atoms with Crippen LogP contribution >= 0.6 is 24.0 Å². The molecule has 0 bridgehead atoms. The van der Waals surface area contributed by atoms with Gasteiger partial charge in [-0.2, -0.15) is 5.10 Å². The average molecular weight is 467 g/mol. The van der Waals surface area contributed by atoms with Gasteiger partial charge in [0.05, 0.1) is 6.54 Å². The van der Waals surface area contributed by atoms with E-state index in [2.05, 4.69) is 56.7 Å². The van der Waals surface area contributed by atoms with Gasteiger partial charge in [-0.3, -0.25) is 9.67 Å². The van der Waals surface area contributed by atoms with E-state index in [0.717, 1.165) is 24.7 Å². The summed E-state index contributed by atoms with van der Waals surface area (Å²) in [5.41, 5.74) is 3.81. The van der Waals surface area contributed by atoms with E-state index >= 15 is 0 Å². The molecule has 0 fully saturated rings. The second-order valence-corrected chi connectivity index (χ2v) is 6.19. The number of rotatable bonds is 5. The molecule has 26 heavy (non-hydrogen) atoms. The van der Waals surface area contributed by atoms with Gasteiger partial charge in [-0.15, -0.1) is 24.0 Å². The van der Waals surface area contributed by atoms with E-state index < -0.39 is 0 Å². The quantitative estimate of drug-likeness (QED) is 0.344.